The summed E-state index contributed by atoms with van der Waals surface area (Å²) >= 11 is 1.54. The van der Waals surface area contributed by atoms with Gasteiger partial charge in [-0.15, -0.1) is 11.3 Å². The lowest BCUT2D eigenvalue weighted by Gasteiger charge is -2.12. The van der Waals surface area contributed by atoms with Crippen molar-refractivity contribution in [1.82, 2.24) is 10.3 Å². The Labute approximate surface area is 99.0 Å². The molecule has 6 heteroatoms. The van der Waals surface area contributed by atoms with E-state index in [4.69, 9.17) is 10.5 Å². The summed E-state index contributed by atoms with van der Waals surface area (Å²) in [6, 6.07) is 0. The molecule has 0 radical (unpaired) electrons. The zero-order valence-corrected chi connectivity index (χ0v) is 10.3. The number of aryl methyl sites for hydroxylation is 1. The molecular formula is C10H17N3O2S. The van der Waals surface area contributed by atoms with Gasteiger partial charge in [-0.2, -0.15) is 0 Å². The fourth-order valence-electron chi connectivity index (χ4n) is 1.22. The van der Waals surface area contributed by atoms with Crippen molar-refractivity contribution < 1.29 is 9.53 Å². The van der Waals surface area contributed by atoms with Crippen molar-refractivity contribution in [3.05, 3.63) is 16.1 Å². The largest absolute Gasteiger partial charge is 0.380 e. The Kier molecular flexibility index (Phi) is 5.37. The highest BCUT2D eigenvalue weighted by atomic mass is 32.1. The Balaban J connectivity index is 2.33. The maximum Gasteiger partial charge on any atom is 0.222 e. The van der Waals surface area contributed by atoms with E-state index in [0.29, 0.717) is 19.5 Å². The minimum atomic E-state index is -0.206. The third kappa shape index (κ3) is 3.88. The van der Waals surface area contributed by atoms with Crippen molar-refractivity contribution in [2.24, 2.45) is 5.73 Å². The van der Waals surface area contributed by atoms with E-state index in [2.05, 4.69) is 10.3 Å². The molecule has 1 aromatic heterocycles. The van der Waals surface area contributed by atoms with E-state index < -0.39 is 0 Å². The molecule has 90 valence electrons. The Morgan fingerprint density at radius 2 is 2.50 bits per heavy atom. The van der Waals surface area contributed by atoms with Crippen molar-refractivity contribution in [2.75, 3.05) is 13.7 Å². The zero-order chi connectivity index (χ0) is 12.0. The van der Waals surface area contributed by atoms with Gasteiger partial charge in [0.1, 0.15) is 0 Å². The predicted octanol–water partition coefficient (Wildman–Crippen LogP) is 0.432. The maximum atomic E-state index is 11.5. The number of hydrogen-bond donors (Lipinski definition) is 2. The topological polar surface area (TPSA) is 77.2 Å². The van der Waals surface area contributed by atoms with Gasteiger partial charge >= 0.3 is 0 Å². The minimum Gasteiger partial charge on any atom is -0.380 e. The van der Waals surface area contributed by atoms with Gasteiger partial charge in [0.2, 0.25) is 5.91 Å². The average molecular weight is 243 g/mol. The third-order valence-electron chi connectivity index (χ3n) is 2.30. The molecule has 16 heavy (non-hydrogen) atoms. The third-order valence-corrected chi connectivity index (χ3v) is 3.24. The monoisotopic (exact) mass is 243 g/mol. The van der Waals surface area contributed by atoms with Crippen LogP contribution in [0.3, 0.4) is 0 Å². The summed E-state index contributed by atoms with van der Waals surface area (Å²) < 4.78 is 5.04. The fourth-order valence-corrected chi connectivity index (χ4v) is 1.93. The van der Waals surface area contributed by atoms with Crippen LogP contribution in [0, 0.1) is 6.92 Å². The highest BCUT2D eigenvalue weighted by Gasteiger charge is 2.11. The van der Waals surface area contributed by atoms with Crippen molar-refractivity contribution in [3.8, 4) is 0 Å². The van der Waals surface area contributed by atoms with Gasteiger partial charge in [0.25, 0.3) is 0 Å². The Morgan fingerprint density at radius 1 is 1.75 bits per heavy atom. The number of thiazole rings is 1. The average Bonchev–Trinajstić information content (AvgIpc) is 2.69. The molecule has 0 aliphatic rings. The first-order valence-corrected chi connectivity index (χ1v) is 5.93. The van der Waals surface area contributed by atoms with Crippen LogP contribution in [0.1, 0.15) is 17.0 Å². The number of amides is 1. The molecule has 3 N–H and O–H groups in total. The second-order valence-electron chi connectivity index (χ2n) is 3.44. The Bertz CT molecular complexity index is 337. The summed E-state index contributed by atoms with van der Waals surface area (Å²) in [5.74, 6) is -0.0508. The van der Waals surface area contributed by atoms with Crippen LogP contribution in [-0.2, 0) is 16.1 Å². The van der Waals surface area contributed by atoms with Gasteiger partial charge in [-0.3, -0.25) is 4.79 Å². The van der Waals surface area contributed by atoms with Crippen LogP contribution in [0.5, 0.6) is 0 Å². The lowest BCUT2D eigenvalue weighted by molar-refractivity contribution is -0.123. The number of carbonyl (C=O) groups excluding carboxylic acids is 1. The van der Waals surface area contributed by atoms with Gasteiger partial charge in [0.15, 0.2) is 0 Å². The van der Waals surface area contributed by atoms with Crippen molar-refractivity contribution in [3.63, 3.8) is 0 Å². The van der Waals surface area contributed by atoms with Crippen LogP contribution < -0.4 is 11.1 Å². The van der Waals surface area contributed by atoms with E-state index in [1.807, 2.05) is 6.92 Å². The van der Waals surface area contributed by atoms with Gasteiger partial charge < -0.3 is 15.8 Å². The van der Waals surface area contributed by atoms with Gasteiger partial charge in [-0.05, 0) is 6.92 Å². The SMILES string of the molecule is COC(CN)CC(=O)NCc1scnc1C. The summed E-state index contributed by atoms with van der Waals surface area (Å²) in [6.07, 6.45) is 0.0905. The van der Waals surface area contributed by atoms with Crippen LogP contribution in [0.25, 0.3) is 0 Å². The zero-order valence-electron chi connectivity index (χ0n) is 9.53. The standard InChI is InChI=1S/C10H17N3O2S/c1-7-9(16-6-13-7)5-12-10(14)3-8(4-11)15-2/h6,8H,3-5,11H2,1-2H3,(H,12,14). The molecule has 1 unspecified atom stereocenters. The molecule has 5 nitrogen and oxygen atoms in total. The van der Waals surface area contributed by atoms with E-state index in [-0.39, 0.29) is 12.0 Å². The minimum absolute atomic E-state index is 0.0508. The first kappa shape index (κ1) is 13.1. The molecule has 0 aliphatic carbocycles. The number of methoxy groups -OCH3 is 1. The maximum absolute atomic E-state index is 11.5. The molecule has 0 fully saturated rings. The van der Waals surface area contributed by atoms with Crippen LogP contribution in [0.4, 0.5) is 0 Å². The molecule has 0 saturated carbocycles. The number of ether oxygens (including phenoxy) is 1. The van der Waals surface area contributed by atoms with E-state index in [1.54, 1.807) is 24.0 Å². The van der Waals surface area contributed by atoms with Gasteiger partial charge in [0, 0.05) is 18.5 Å². The van der Waals surface area contributed by atoms with Crippen LogP contribution in [-0.4, -0.2) is 30.6 Å². The molecule has 0 bridgehead atoms. The molecule has 0 aliphatic heterocycles. The molecule has 1 aromatic rings. The van der Waals surface area contributed by atoms with E-state index in [1.165, 1.54) is 0 Å². The molecule has 0 aromatic carbocycles. The summed E-state index contributed by atoms with van der Waals surface area (Å²) in [4.78, 5) is 16.7. The summed E-state index contributed by atoms with van der Waals surface area (Å²) in [5, 5.41) is 2.82. The number of nitrogens with zero attached hydrogens (tertiary/aromatic N) is 1. The summed E-state index contributed by atoms with van der Waals surface area (Å²) in [5.41, 5.74) is 8.17. The lowest BCUT2D eigenvalue weighted by Crippen LogP contribution is -2.31. The van der Waals surface area contributed by atoms with Crippen LogP contribution in [0.2, 0.25) is 0 Å². The van der Waals surface area contributed by atoms with Crippen LogP contribution in [0.15, 0.2) is 5.51 Å². The molecule has 0 saturated heterocycles. The quantitative estimate of drug-likeness (QED) is 0.759. The highest BCUT2D eigenvalue weighted by molar-refractivity contribution is 7.09. The van der Waals surface area contributed by atoms with Gasteiger partial charge in [-0.25, -0.2) is 4.98 Å². The number of hydrogen-bond acceptors (Lipinski definition) is 5. The molecule has 1 rings (SSSR count). The Hall–Kier alpha value is -0.980. The fraction of sp³-hybridized carbons (Fsp3) is 0.600. The smallest absolute Gasteiger partial charge is 0.222 e. The summed E-state index contributed by atoms with van der Waals surface area (Å²) in [6.45, 7) is 2.80. The normalized spacial score (nSPS) is 12.4. The summed E-state index contributed by atoms with van der Waals surface area (Å²) in [7, 11) is 1.55. The first-order chi connectivity index (χ1) is 7.67. The van der Waals surface area contributed by atoms with E-state index >= 15 is 0 Å². The molecule has 0 spiro atoms. The molecule has 1 atom stereocenters. The number of carbonyl (C=O) groups is 1. The number of nitrogens with one attached hydrogen (secondary N) is 1. The van der Waals surface area contributed by atoms with Gasteiger partial charge in [0.05, 0.1) is 30.3 Å². The molecule has 1 amide bonds. The first-order valence-electron chi connectivity index (χ1n) is 5.06. The predicted molar refractivity (Wildman–Crippen MR) is 63.2 cm³/mol. The number of rotatable bonds is 6. The number of nitrogens with two attached hydrogens (primary N) is 1. The second-order valence-corrected chi connectivity index (χ2v) is 4.37. The van der Waals surface area contributed by atoms with E-state index in [0.717, 1.165) is 10.6 Å². The van der Waals surface area contributed by atoms with Gasteiger partial charge in [-0.1, -0.05) is 0 Å². The molecule has 1 heterocycles. The molecular weight excluding hydrogens is 226 g/mol. The number of aromatic nitrogens is 1. The highest BCUT2D eigenvalue weighted by Crippen LogP contribution is 2.11. The van der Waals surface area contributed by atoms with Crippen LogP contribution >= 0.6 is 11.3 Å². The second kappa shape index (κ2) is 6.57. The van der Waals surface area contributed by atoms with Crippen molar-refractivity contribution >= 4 is 17.2 Å². The Morgan fingerprint density at radius 3 is 3.00 bits per heavy atom. The van der Waals surface area contributed by atoms with Crippen molar-refractivity contribution in [1.29, 1.82) is 0 Å². The van der Waals surface area contributed by atoms with E-state index in [9.17, 15) is 4.79 Å². The lowest BCUT2D eigenvalue weighted by atomic mass is 10.2. The van der Waals surface area contributed by atoms with Crippen molar-refractivity contribution in [2.45, 2.75) is 26.0 Å².